The van der Waals surface area contributed by atoms with Crippen LogP contribution in [-0.2, 0) is 23.1 Å². The lowest BCUT2D eigenvalue weighted by molar-refractivity contribution is -0.143. The van der Waals surface area contributed by atoms with Crippen molar-refractivity contribution in [3.8, 4) is 0 Å². The number of methoxy groups -OCH3 is 1. The molecule has 1 heterocycles. The first-order valence-electron chi connectivity index (χ1n) is 9.61. The Kier molecular flexibility index (Phi) is 5.50. The highest BCUT2D eigenvalue weighted by atomic mass is 35.5. The molecule has 1 N–H and O–H groups in total. The van der Waals surface area contributed by atoms with E-state index in [9.17, 15) is 9.59 Å². The predicted octanol–water partition coefficient (Wildman–Crippen LogP) is 3.65. The smallest absolute Gasteiger partial charge is 0.329 e. The largest absolute Gasteiger partial charge is 0.468 e. The quantitative estimate of drug-likeness (QED) is 0.636. The van der Waals surface area contributed by atoms with Gasteiger partial charge in [-0.2, -0.15) is 0 Å². The van der Waals surface area contributed by atoms with Crippen LogP contribution in [0.5, 0.6) is 0 Å². The summed E-state index contributed by atoms with van der Waals surface area (Å²) in [7, 11) is 3.12. The van der Waals surface area contributed by atoms with Gasteiger partial charge in [-0.3, -0.25) is 13.9 Å². The van der Waals surface area contributed by atoms with Crippen LogP contribution in [0.1, 0.15) is 5.56 Å². The molecule has 1 aliphatic rings. The van der Waals surface area contributed by atoms with Gasteiger partial charge in [0.15, 0.2) is 0 Å². The number of imidazole rings is 1. The van der Waals surface area contributed by atoms with E-state index in [1.54, 1.807) is 28.3 Å². The number of hydrogen-bond acceptors (Lipinski definition) is 4. The van der Waals surface area contributed by atoms with Crippen LogP contribution in [0.4, 0.5) is 5.69 Å². The Morgan fingerprint density at radius 3 is 2.67 bits per heavy atom. The van der Waals surface area contributed by atoms with E-state index < -0.39 is 5.92 Å². The molecule has 0 saturated carbocycles. The predicted molar refractivity (Wildman–Crippen MR) is 119 cm³/mol. The number of allylic oxidation sites excluding steroid dienone is 2. The fourth-order valence-electron chi connectivity index (χ4n) is 3.74. The molecule has 0 bridgehead atoms. The van der Waals surface area contributed by atoms with Crippen LogP contribution in [0.25, 0.3) is 11.0 Å². The van der Waals surface area contributed by atoms with Gasteiger partial charge in [0.2, 0.25) is 0 Å². The van der Waals surface area contributed by atoms with E-state index in [1.165, 1.54) is 7.11 Å². The molecule has 0 spiro atoms. The molecule has 1 aromatic heterocycles. The van der Waals surface area contributed by atoms with E-state index in [0.29, 0.717) is 11.6 Å². The number of aryl methyl sites for hydroxylation is 1. The van der Waals surface area contributed by atoms with Crippen molar-refractivity contribution in [2.75, 3.05) is 12.4 Å². The highest BCUT2D eigenvalue weighted by molar-refractivity contribution is 6.31. The average Bonchev–Trinajstić information content (AvgIpc) is 2.99. The van der Waals surface area contributed by atoms with Crippen LogP contribution < -0.4 is 11.0 Å². The van der Waals surface area contributed by atoms with Gasteiger partial charge in [-0.15, -0.1) is 0 Å². The lowest BCUT2D eigenvalue weighted by atomic mass is 9.94. The van der Waals surface area contributed by atoms with Crippen LogP contribution in [0.2, 0.25) is 0 Å². The second-order valence-electron chi connectivity index (χ2n) is 7.25. The van der Waals surface area contributed by atoms with Gasteiger partial charge in [0.1, 0.15) is 5.92 Å². The molecule has 7 heteroatoms. The minimum absolute atomic E-state index is 0.0780. The zero-order valence-electron chi connectivity index (χ0n) is 16.7. The third kappa shape index (κ3) is 3.78. The van der Waals surface area contributed by atoms with Crippen molar-refractivity contribution < 1.29 is 9.53 Å². The molecule has 30 heavy (non-hydrogen) atoms. The fraction of sp³-hybridized carbons (Fsp3) is 0.217. The van der Waals surface area contributed by atoms with E-state index in [-0.39, 0.29) is 17.7 Å². The summed E-state index contributed by atoms with van der Waals surface area (Å²) in [4.78, 5) is 25.0. The summed E-state index contributed by atoms with van der Waals surface area (Å²) in [6.45, 7) is 0.503. The number of carbonyl (C=O) groups excluding carboxylic acids is 1. The van der Waals surface area contributed by atoms with E-state index in [1.807, 2.05) is 54.6 Å². The van der Waals surface area contributed by atoms with E-state index in [4.69, 9.17) is 16.3 Å². The Labute approximate surface area is 179 Å². The first-order chi connectivity index (χ1) is 14.5. The SMILES string of the molecule is COC(=O)C1C=C(Cl)C=CC1Nc1ccc2c(c1)n(C)c(=O)n2Cc1ccccc1. The summed E-state index contributed by atoms with van der Waals surface area (Å²) in [5.41, 5.74) is 3.44. The summed E-state index contributed by atoms with van der Waals surface area (Å²) in [6, 6.07) is 15.3. The van der Waals surface area contributed by atoms with E-state index in [0.717, 1.165) is 22.3 Å². The first kappa shape index (κ1) is 20.0. The maximum Gasteiger partial charge on any atom is 0.329 e. The molecule has 154 valence electrons. The van der Waals surface area contributed by atoms with Crippen LogP contribution >= 0.6 is 11.6 Å². The molecule has 2 atom stereocenters. The van der Waals surface area contributed by atoms with Gasteiger partial charge in [0.25, 0.3) is 0 Å². The Balaban J connectivity index is 1.66. The van der Waals surface area contributed by atoms with E-state index in [2.05, 4.69) is 5.32 Å². The summed E-state index contributed by atoms with van der Waals surface area (Å²) in [6.07, 6.45) is 5.27. The van der Waals surface area contributed by atoms with Gasteiger partial charge >= 0.3 is 11.7 Å². The highest BCUT2D eigenvalue weighted by Crippen LogP contribution is 2.26. The maximum absolute atomic E-state index is 12.8. The van der Waals surface area contributed by atoms with Crippen LogP contribution in [0.15, 0.2) is 76.6 Å². The van der Waals surface area contributed by atoms with Crippen molar-refractivity contribution in [2.24, 2.45) is 13.0 Å². The molecule has 0 radical (unpaired) electrons. The summed E-state index contributed by atoms with van der Waals surface area (Å²) < 4.78 is 8.30. The van der Waals surface area contributed by atoms with Gasteiger partial charge in [0, 0.05) is 17.8 Å². The molecule has 0 saturated heterocycles. The molecule has 6 nitrogen and oxygen atoms in total. The number of nitrogens with one attached hydrogen (secondary N) is 1. The molecule has 2 unspecified atom stereocenters. The van der Waals surface area contributed by atoms with Gasteiger partial charge in [-0.25, -0.2) is 4.79 Å². The first-order valence-corrected chi connectivity index (χ1v) is 9.99. The zero-order chi connectivity index (χ0) is 21.3. The summed E-state index contributed by atoms with van der Waals surface area (Å²) in [5, 5.41) is 3.85. The van der Waals surface area contributed by atoms with Crippen LogP contribution in [-0.4, -0.2) is 28.3 Å². The molecule has 0 fully saturated rings. The molecule has 0 amide bonds. The van der Waals surface area contributed by atoms with Crippen LogP contribution in [0, 0.1) is 5.92 Å². The zero-order valence-corrected chi connectivity index (χ0v) is 17.5. The topological polar surface area (TPSA) is 65.3 Å². The number of ether oxygens (including phenoxy) is 1. The third-order valence-corrected chi connectivity index (χ3v) is 5.58. The van der Waals surface area contributed by atoms with Crippen LogP contribution in [0.3, 0.4) is 0 Å². The number of halogens is 1. The minimum atomic E-state index is -0.533. The number of hydrogen-bond donors (Lipinski definition) is 1. The Morgan fingerprint density at radius 1 is 1.17 bits per heavy atom. The average molecular weight is 424 g/mol. The third-order valence-electron chi connectivity index (χ3n) is 5.32. The van der Waals surface area contributed by atoms with Crippen molar-refractivity contribution in [1.82, 2.24) is 9.13 Å². The van der Waals surface area contributed by atoms with Crippen molar-refractivity contribution in [3.63, 3.8) is 0 Å². The second kappa shape index (κ2) is 8.24. The molecule has 3 aromatic rings. The number of aromatic nitrogens is 2. The summed E-state index contributed by atoms with van der Waals surface area (Å²) in [5.74, 6) is -0.896. The number of anilines is 1. The number of esters is 1. The van der Waals surface area contributed by atoms with Gasteiger partial charge in [-0.05, 0) is 35.9 Å². The molecule has 0 aliphatic heterocycles. The molecular weight excluding hydrogens is 402 g/mol. The molecule has 4 rings (SSSR count). The van der Waals surface area contributed by atoms with Crippen molar-refractivity contribution in [1.29, 1.82) is 0 Å². The van der Waals surface area contributed by atoms with E-state index >= 15 is 0 Å². The minimum Gasteiger partial charge on any atom is -0.468 e. The van der Waals surface area contributed by atoms with Gasteiger partial charge in [-0.1, -0.05) is 48.0 Å². The number of nitrogens with zero attached hydrogens (tertiary/aromatic N) is 2. The monoisotopic (exact) mass is 423 g/mol. The lowest BCUT2D eigenvalue weighted by Gasteiger charge is -2.25. The van der Waals surface area contributed by atoms with Gasteiger partial charge < -0.3 is 10.1 Å². The van der Waals surface area contributed by atoms with Gasteiger partial charge in [0.05, 0.1) is 30.7 Å². The van der Waals surface area contributed by atoms with Crippen molar-refractivity contribution in [3.05, 3.63) is 87.8 Å². The Bertz CT molecular complexity index is 1210. The van der Waals surface area contributed by atoms with Crippen molar-refractivity contribution >= 4 is 34.3 Å². The Morgan fingerprint density at radius 2 is 1.93 bits per heavy atom. The lowest BCUT2D eigenvalue weighted by Crippen LogP contribution is -2.34. The normalized spacial score (nSPS) is 18.3. The number of rotatable bonds is 5. The molecular formula is C23H22ClN3O3. The number of fused-ring (bicyclic) bond motifs is 1. The second-order valence-corrected chi connectivity index (χ2v) is 7.68. The number of benzene rings is 2. The molecule has 2 aromatic carbocycles. The molecule has 1 aliphatic carbocycles. The van der Waals surface area contributed by atoms with Crippen molar-refractivity contribution in [2.45, 2.75) is 12.6 Å². The number of carbonyl (C=O) groups is 1. The fourth-order valence-corrected chi connectivity index (χ4v) is 3.95. The standard InChI is InChI=1S/C23H22ClN3O3/c1-26-21-13-17(25-19-10-8-16(24)12-18(19)22(28)30-2)9-11-20(21)27(23(26)29)14-15-6-4-3-5-7-15/h3-13,18-19,25H,14H2,1-2H3. The maximum atomic E-state index is 12.8. The highest BCUT2D eigenvalue weighted by Gasteiger charge is 2.28. The summed E-state index contributed by atoms with van der Waals surface area (Å²) >= 11 is 6.06. The Hall–Kier alpha value is -3.25.